The van der Waals surface area contributed by atoms with Crippen LogP contribution in [0.25, 0.3) is 0 Å². The van der Waals surface area contributed by atoms with Gasteiger partial charge in [-0.05, 0) is 12.1 Å². The zero-order valence-electron chi connectivity index (χ0n) is 13.3. The third kappa shape index (κ3) is 5.05. The summed E-state index contributed by atoms with van der Waals surface area (Å²) < 4.78 is 10.9. The Bertz CT molecular complexity index is 644. The molecule has 3 rings (SSSR count). The molecule has 1 amide bonds. The molecule has 0 spiro atoms. The van der Waals surface area contributed by atoms with E-state index in [0.717, 1.165) is 38.6 Å². The number of carbonyl (C=O) groups excluding carboxylic acids is 1. The lowest BCUT2D eigenvalue weighted by Gasteiger charge is -2.25. The molecular formula is C16H20N4O3S. The maximum Gasteiger partial charge on any atom is 0.276 e. The summed E-state index contributed by atoms with van der Waals surface area (Å²) in [6.45, 7) is 4.75. The monoisotopic (exact) mass is 348 g/mol. The number of nitrogens with one attached hydrogen (secondary N) is 1. The zero-order valence-corrected chi connectivity index (χ0v) is 14.1. The van der Waals surface area contributed by atoms with Crippen LogP contribution in [0, 0.1) is 0 Å². The van der Waals surface area contributed by atoms with Crippen LogP contribution in [-0.4, -0.2) is 59.6 Å². The maximum atomic E-state index is 11.9. The fraction of sp³-hybridized carbons (Fsp3) is 0.438. The molecule has 2 aromatic rings. The van der Waals surface area contributed by atoms with E-state index in [9.17, 15) is 4.79 Å². The largest absolute Gasteiger partial charge is 0.414 e. The van der Waals surface area contributed by atoms with E-state index in [4.69, 9.17) is 9.15 Å². The first-order valence-corrected chi connectivity index (χ1v) is 8.88. The van der Waals surface area contributed by atoms with Gasteiger partial charge in [-0.2, -0.15) is 0 Å². The minimum Gasteiger partial charge on any atom is -0.414 e. The molecule has 1 aromatic heterocycles. The lowest BCUT2D eigenvalue weighted by molar-refractivity contribution is 0.0410. The summed E-state index contributed by atoms with van der Waals surface area (Å²) in [7, 11) is 0. The van der Waals surface area contributed by atoms with Gasteiger partial charge in [0.2, 0.25) is 5.89 Å². The summed E-state index contributed by atoms with van der Waals surface area (Å²) in [6.07, 6.45) is 0. The minimum atomic E-state index is -0.157. The normalized spacial score (nSPS) is 15.3. The predicted molar refractivity (Wildman–Crippen MR) is 89.9 cm³/mol. The van der Waals surface area contributed by atoms with Gasteiger partial charge in [0.15, 0.2) is 0 Å². The van der Waals surface area contributed by atoms with Gasteiger partial charge in [-0.3, -0.25) is 9.69 Å². The number of benzene rings is 1. The average Bonchev–Trinajstić information content (AvgIpc) is 3.09. The number of rotatable bonds is 7. The summed E-state index contributed by atoms with van der Waals surface area (Å²) in [6, 6.07) is 9.04. The fourth-order valence-corrected chi connectivity index (χ4v) is 3.08. The third-order valence-electron chi connectivity index (χ3n) is 3.62. The Labute approximate surface area is 144 Å². The second-order valence-electron chi connectivity index (χ2n) is 5.31. The van der Waals surface area contributed by atoms with E-state index in [-0.39, 0.29) is 12.5 Å². The highest BCUT2D eigenvalue weighted by molar-refractivity contribution is 7.99. The van der Waals surface area contributed by atoms with E-state index < -0.39 is 0 Å². The Morgan fingerprint density at radius 2 is 2.00 bits per heavy atom. The van der Waals surface area contributed by atoms with Crippen molar-refractivity contribution in [3.63, 3.8) is 0 Å². The number of morpholine rings is 1. The molecule has 1 aliphatic rings. The Hall–Kier alpha value is -1.90. The number of nitrogens with zero attached hydrogens (tertiary/aromatic N) is 3. The van der Waals surface area contributed by atoms with Crippen molar-refractivity contribution in [1.29, 1.82) is 0 Å². The molecule has 1 aromatic carbocycles. The van der Waals surface area contributed by atoms with Gasteiger partial charge in [0.25, 0.3) is 11.1 Å². The molecule has 0 aliphatic carbocycles. The van der Waals surface area contributed by atoms with Crippen molar-refractivity contribution in [2.24, 2.45) is 0 Å². The van der Waals surface area contributed by atoms with Crippen molar-refractivity contribution in [2.45, 2.75) is 11.8 Å². The van der Waals surface area contributed by atoms with Crippen LogP contribution in [0.3, 0.4) is 0 Å². The third-order valence-corrected chi connectivity index (χ3v) is 4.42. The van der Waals surface area contributed by atoms with Gasteiger partial charge in [-0.25, -0.2) is 0 Å². The Kier molecular flexibility index (Phi) is 6.22. The second kappa shape index (κ2) is 8.81. The molecule has 1 N–H and O–H groups in total. The summed E-state index contributed by atoms with van der Waals surface area (Å²) in [4.78, 5) is 14.3. The summed E-state index contributed by atoms with van der Waals surface area (Å²) in [5.74, 6) is 1.14. The van der Waals surface area contributed by atoms with Crippen LogP contribution in [-0.2, 0) is 11.3 Å². The standard InChI is InChI=1S/C16H20N4O3S/c21-15(13-4-2-1-3-5-13)17-12-14-18-19-16(23-14)24-11-8-20-6-9-22-10-7-20/h1-5H,6-12H2,(H,17,21). The molecule has 8 heteroatoms. The fourth-order valence-electron chi connectivity index (χ4n) is 2.30. The molecular weight excluding hydrogens is 328 g/mol. The van der Waals surface area contributed by atoms with Crippen molar-refractivity contribution in [3.8, 4) is 0 Å². The lowest BCUT2D eigenvalue weighted by Crippen LogP contribution is -2.37. The first kappa shape index (κ1) is 16.9. The first-order chi connectivity index (χ1) is 11.8. The number of hydrogen-bond acceptors (Lipinski definition) is 7. The molecule has 0 atom stereocenters. The minimum absolute atomic E-state index is 0.157. The van der Waals surface area contributed by atoms with E-state index in [0.29, 0.717) is 16.7 Å². The molecule has 2 heterocycles. The molecule has 0 radical (unpaired) electrons. The first-order valence-electron chi connectivity index (χ1n) is 7.90. The van der Waals surface area contributed by atoms with Crippen LogP contribution in [0.15, 0.2) is 40.0 Å². The number of ether oxygens (including phenoxy) is 1. The topological polar surface area (TPSA) is 80.5 Å². The molecule has 7 nitrogen and oxygen atoms in total. The molecule has 1 fully saturated rings. The highest BCUT2D eigenvalue weighted by Crippen LogP contribution is 2.16. The summed E-state index contributed by atoms with van der Waals surface area (Å²) in [5.41, 5.74) is 0.608. The number of aromatic nitrogens is 2. The van der Waals surface area contributed by atoms with Gasteiger partial charge >= 0.3 is 0 Å². The van der Waals surface area contributed by atoms with Gasteiger partial charge < -0.3 is 14.5 Å². The van der Waals surface area contributed by atoms with Crippen molar-refractivity contribution in [1.82, 2.24) is 20.4 Å². The molecule has 0 saturated carbocycles. The van der Waals surface area contributed by atoms with Crippen molar-refractivity contribution >= 4 is 17.7 Å². The van der Waals surface area contributed by atoms with Crippen LogP contribution >= 0.6 is 11.8 Å². The number of hydrogen-bond donors (Lipinski definition) is 1. The number of thioether (sulfide) groups is 1. The molecule has 0 bridgehead atoms. The van der Waals surface area contributed by atoms with E-state index >= 15 is 0 Å². The Morgan fingerprint density at radius 3 is 2.79 bits per heavy atom. The van der Waals surface area contributed by atoms with Gasteiger partial charge in [0.1, 0.15) is 0 Å². The van der Waals surface area contributed by atoms with Gasteiger partial charge in [-0.15, -0.1) is 10.2 Å². The smallest absolute Gasteiger partial charge is 0.276 e. The predicted octanol–water partition coefficient (Wildman–Crippen LogP) is 1.42. The van der Waals surface area contributed by atoms with E-state index in [1.165, 1.54) is 11.8 Å². The van der Waals surface area contributed by atoms with Crippen LogP contribution < -0.4 is 5.32 Å². The molecule has 1 aliphatic heterocycles. The Balaban J connectivity index is 1.39. The number of carbonyl (C=O) groups is 1. The van der Waals surface area contributed by atoms with Crippen molar-refractivity contribution < 1.29 is 13.9 Å². The van der Waals surface area contributed by atoms with Crippen molar-refractivity contribution in [2.75, 3.05) is 38.6 Å². The van der Waals surface area contributed by atoms with E-state index in [2.05, 4.69) is 20.4 Å². The summed E-state index contributed by atoms with van der Waals surface area (Å²) >= 11 is 1.53. The molecule has 1 saturated heterocycles. The second-order valence-corrected chi connectivity index (χ2v) is 6.36. The maximum absolute atomic E-state index is 11.9. The van der Waals surface area contributed by atoms with Crippen LogP contribution in [0.2, 0.25) is 0 Å². The number of amides is 1. The van der Waals surface area contributed by atoms with Crippen LogP contribution in [0.1, 0.15) is 16.2 Å². The lowest BCUT2D eigenvalue weighted by atomic mass is 10.2. The molecule has 128 valence electrons. The summed E-state index contributed by atoms with van der Waals surface area (Å²) in [5, 5.41) is 11.3. The molecule has 24 heavy (non-hydrogen) atoms. The molecule has 0 unspecified atom stereocenters. The average molecular weight is 348 g/mol. The zero-order chi connectivity index (χ0) is 16.6. The van der Waals surface area contributed by atoms with Gasteiger partial charge in [-0.1, -0.05) is 30.0 Å². The van der Waals surface area contributed by atoms with E-state index in [1.807, 2.05) is 18.2 Å². The van der Waals surface area contributed by atoms with Gasteiger partial charge in [0, 0.05) is 31.0 Å². The quantitative estimate of drug-likeness (QED) is 0.758. The Morgan fingerprint density at radius 1 is 1.21 bits per heavy atom. The van der Waals surface area contributed by atoms with Gasteiger partial charge in [0.05, 0.1) is 19.8 Å². The van der Waals surface area contributed by atoms with E-state index in [1.54, 1.807) is 12.1 Å². The van der Waals surface area contributed by atoms with Crippen molar-refractivity contribution in [3.05, 3.63) is 41.8 Å². The van der Waals surface area contributed by atoms with Crippen LogP contribution in [0.4, 0.5) is 0 Å². The highest BCUT2D eigenvalue weighted by atomic mass is 32.2. The SMILES string of the molecule is O=C(NCc1nnc(SCCN2CCOCC2)o1)c1ccccc1. The van der Waals surface area contributed by atoms with Crippen LogP contribution in [0.5, 0.6) is 0 Å². The highest BCUT2D eigenvalue weighted by Gasteiger charge is 2.12.